The summed E-state index contributed by atoms with van der Waals surface area (Å²) in [5.41, 5.74) is 5.22. The zero-order valence-corrected chi connectivity index (χ0v) is 9.26. The second-order valence-electron chi connectivity index (χ2n) is 3.05. The molecule has 0 radical (unpaired) electrons. The van der Waals surface area contributed by atoms with Crippen molar-refractivity contribution >= 4 is 22.3 Å². The molecule has 0 aliphatic rings. The molecule has 15 heavy (non-hydrogen) atoms. The van der Waals surface area contributed by atoms with Crippen molar-refractivity contribution in [3.63, 3.8) is 0 Å². The molecule has 7 heteroatoms. The molecular weight excluding hydrogens is 216 g/mol. The Morgan fingerprint density at radius 3 is 3.07 bits per heavy atom. The molecule has 0 saturated heterocycles. The van der Waals surface area contributed by atoms with Crippen molar-refractivity contribution in [2.75, 3.05) is 29.6 Å². The number of rotatable bonds is 5. The fourth-order valence-electron chi connectivity index (χ4n) is 1.03. The third kappa shape index (κ3) is 3.70. The average Bonchev–Trinajstić information content (AvgIpc) is 2.18. The van der Waals surface area contributed by atoms with Gasteiger partial charge in [0, 0.05) is 29.4 Å². The van der Waals surface area contributed by atoms with E-state index in [1.807, 2.05) is 0 Å². The quantitative estimate of drug-likeness (QED) is 0.594. The highest BCUT2D eigenvalue weighted by molar-refractivity contribution is 7.84. The lowest BCUT2D eigenvalue weighted by Crippen LogP contribution is -2.17. The molecule has 0 saturated carbocycles. The van der Waals surface area contributed by atoms with Gasteiger partial charge in [-0.3, -0.25) is 9.00 Å². The van der Waals surface area contributed by atoms with E-state index in [1.54, 1.807) is 6.26 Å². The third-order valence-electron chi connectivity index (χ3n) is 1.79. The lowest BCUT2D eigenvalue weighted by molar-refractivity contribution is 0.685. The summed E-state index contributed by atoms with van der Waals surface area (Å²) in [6.45, 7) is 0.597. The first kappa shape index (κ1) is 11.7. The van der Waals surface area contributed by atoms with E-state index in [9.17, 15) is 9.00 Å². The van der Waals surface area contributed by atoms with E-state index in [0.29, 0.717) is 18.1 Å². The van der Waals surface area contributed by atoms with E-state index in [4.69, 9.17) is 5.73 Å². The number of nitrogen functional groups attached to an aromatic ring is 1. The van der Waals surface area contributed by atoms with Gasteiger partial charge in [-0.1, -0.05) is 0 Å². The van der Waals surface area contributed by atoms with Crippen molar-refractivity contribution in [1.82, 2.24) is 9.97 Å². The summed E-state index contributed by atoms with van der Waals surface area (Å²) in [6, 6.07) is 0. The fourth-order valence-corrected chi connectivity index (χ4v) is 1.58. The Morgan fingerprint density at radius 2 is 2.40 bits per heavy atom. The molecule has 84 valence electrons. The van der Waals surface area contributed by atoms with Crippen LogP contribution in [0.15, 0.2) is 11.1 Å². The molecule has 0 fully saturated rings. The van der Waals surface area contributed by atoms with Crippen LogP contribution in [0.25, 0.3) is 0 Å². The number of nitrogens with one attached hydrogen (secondary N) is 2. The summed E-state index contributed by atoms with van der Waals surface area (Å²) in [4.78, 5) is 17.3. The molecule has 1 atom stereocenters. The number of hydrogen-bond donors (Lipinski definition) is 3. The van der Waals surface area contributed by atoms with Crippen molar-refractivity contribution in [3.05, 3.63) is 16.7 Å². The van der Waals surface area contributed by atoms with Gasteiger partial charge in [0.15, 0.2) is 5.82 Å². The summed E-state index contributed by atoms with van der Waals surface area (Å²) < 4.78 is 10.8. The SMILES string of the molecule is CS(=O)CCCNc1nc[nH]c(=O)c1N. The summed E-state index contributed by atoms with van der Waals surface area (Å²) in [5.74, 6) is 0.997. The topological polar surface area (TPSA) is 101 Å². The molecule has 1 rings (SSSR count). The Morgan fingerprint density at radius 1 is 1.67 bits per heavy atom. The van der Waals surface area contributed by atoms with Crippen LogP contribution in [0, 0.1) is 0 Å². The van der Waals surface area contributed by atoms with Crippen molar-refractivity contribution in [2.24, 2.45) is 0 Å². The molecule has 4 N–H and O–H groups in total. The van der Waals surface area contributed by atoms with Crippen molar-refractivity contribution in [1.29, 1.82) is 0 Å². The van der Waals surface area contributed by atoms with Crippen LogP contribution in [0.3, 0.4) is 0 Å². The molecule has 0 aliphatic carbocycles. The Bertz CT molecular complexity index is 404. The van der Waals surface area contributed by atoms with E-state index in [1.165, 1.54) is 6.33 Å². The maximum absolute atomic E-state index is 11.1. The smallest absolute Gasteiger partial charge is 0.276 e. The maximum Gasteiger partial charge on any atom is 0.276 e. The lowest BCUT2D eigenvalue weighted by atomic mass is 10.4. The van der Waals surface area contributed by atoms with E-state index < -0.39 is 10.8 Å². The van der Waals surface area contributed by atoms with Gasteiger partial charge in [-0.25, -0.2) is 4.98 Å². The molecule has 0 aliphatic heterocycles. The summed E-state index contributed by atoms with van der Waals surface area (Å²) >= 11 is 0. The first-order valence-electron chi connectivity index (χ1n) is 4.48. The highest BCUT2D eigenvalue weighted by atomic mass is 32.2. The molecular formula is C8H14N4O2S. The number of nitrogens with two attached hydrogens (primary N) is 1. The largest absolute Gasteiger partial charge is 0.391 e. The molecule has 0 spiro atoms. The number of anilines is 2. The monoisotopic (exact) mass is 230 g/mol. The van der Waals surface area contributed by atoms with Gasteiger partial charge in [0.2, 0.25) is 0 Å². The average molecular weight is 230 g/mol. The molecule has 1 heterocycles. The molecule has 1 aromatic heterocycles. The molecule has 0 amide bonds. The number of hydrogen-bond acceptors (Lipinski definition) is 5. The fraction of sp³-hybridized carbons (Fsp3) is 0.500. The standard InChI is InChI=1S/C8H14N4O2S/c1-15(14)4-2-3-10-7-6(9)8(13)12-5-11-7/h5H,2-4,9H2,1H3,(H2,10,11,12,13). The van der Waals surface area contributed by atoms with Crippen molar-refractivity contribution in [3.8, 4) is 0 Å². The van der Waals surface area contributed by atoms with Crippen LogP contribution in [0.5, 0.6) is 0 Å². The number of H-pyrrole nitrogens is 1. The van der Waals surface area contributed by atoms with Gasteiger partial charge < -0.3 is 16.0 Å². The molecule has 1 aromatic rings. The molecule has 1 unspecified atom stereocenters. The van der Waals surface area contributed by atoms with Crippen LogP contribution >= 0.6 is 0 Å². The Labute approximate surface area is 89.8 Å². The van der Waals surface area contributed by atoms with Gasteiger partial charge in [0.05, 0.1) is 6.33 Å². The molecule has 6 nitrogen and oxygen atoms in total. The zero-order valence-electron chi connectivity index (χ0n) is 8.45. The summed E-state index contributed by atoms with van der Waals surface area (Å²) in [5, 5.41) is 2.92. The summed E-state index contributed by atoms with van der Waals surface area (Å²) in [7, 11) is -0.793. The minimum Gasteiger partial charge on any atom is -0.391 e. The molecule has 0 bridgehead atoms. The van der Waals surface area contributed by atoms with Gasteiger partial charge in [-0.2, -0.15) is 0 Å². The lowest BCUT2D eigenvalue weighted by Gasteiger charge is -2.05. The Balaban J connectivity index is 2.48. The van der Waals surface area contributed by atoms with Crippen LogP contribution < -0.4 is 16.6 Å². The third-order valence-corrected chi connectivity index (χ3v) is 2.65. The highest BCUT2D eigenvalue weighted by Crippen LogP contribution is 2.06. The summed E-state index contributed by atoms with van der Waals surface area (Å²) in [6.07, 6.45) is 3.69. The predicted octanol–water partition coefficient (Wildman–Crippen LogP) is -0.467. The van der Waals surface area contributed by atoms with E-state index in [-0.39, 0.29) is 11.2 Å². The van der Waals surface area contributed by atoms with Gasteiger partial charge in [0.25, 0.3) is 5.56 Å². The van der Waals surface area contributed by atoms with Gasteiger partial charge >= 0.3 is 0 Å². The highest BCUT2D eigenvalue weighted by Gasteiger charge is 2.02. The van der Waals surface area contributed by atoms with E-state index in [0.717, 1.165) is 6.42 Å². The first-order chi connectivity index (χ1) is 7.11. The molecule has 0 aromatic carbocycles. The van der Waals surface area contributed by atoms with E-state index >= 15 is 0 Å². The Kier molecular flexibility index (Phi) is 4.29. The van der Waals surface area contributed by atoms with Crippen LogP contribution in [0.2, 0.25) is 0 Å². The van der Waals surface area contributed by atoms with Gasteiger partial charge in [-0.05, 0) is 6.42 Å². The van der Waals surface area contributed by atoms with Crippen LogP contribution in [-0.4, -0.2) is 32.7 Å². The minimum atomic E-state index is -0.793. The normalized spacial score (nSPS) is 12.3. The Hall–Kier alpha value is -1.37. The van der Waals surface area contributed by atoms with Crippen molar-refractivity contribution in [2.45, 2.75) is 6.42 Å². The van der Waals surface area contributed by atoms with E-state index in [2.05, 4.69) is 15.3 Å². The van der Waals surface area contributed by atoms with Crippen LogP contribution in [0.1, 0.15) is 6.42 Å². The predicted molar refractivity (Wildman–Crippen MR) is 61.3 cm³/mol. The number of aromatic nitrogens is 2. The number of nitrogens with zero attached hydrogens (tertiary/aromatic N) is 1. The maximum atomic E-state index is 11.1. The van der Waals surface area contributed by atoms with Crippen LogP contribution in [-0.2, 0) is 10.8 Å². The second-order valence-corrected chi connectivity index (χ2v) is 4.61. The second kappa shape index (κ2) is 5.50. The van der Waals surface area contributed by atoms with Gasteiger partial charge in [0.1, 0.15) is 5.69 Å². The number of aromatic amines is 1. The first-order valence-corrected chi connectivity index (χ1v) is 6.21. The van der Waals surface area contributed by atoms with Crippen LogP contribution in [0.4, 0.5) is 11.5 Å². The van der Waals surface area contributed by atoms with Gasteiger partial charge in [-0.15, -0.1) is 0 Å². The zero-order chi connectivity index (χ0) is 11.3. The minimum absolute atomic E-state index is 0.0788. The van der Waals surface area contributed by atoms with Crippen molar-refractivity contribution < 1.29 is 4.21 Å².